The van der Waals surface area contributed by atoms with Gasteiger partial charge in [0, 0.05) is 49.1 Å². The number of para-hydroxylation sites is 1. The van der Waals surface area contributed by atoms with Crippen LogP contribution < -0.4 is 5.56 Å². The monoisotopic (exact) mass is 491 g/mol. The zero-order valence-corrected chi connectivity index (χ0v) is 20.8. The maximum atomic E-state index is 13.8. The highest BCUT2D eigenvalue weighted by molar-refractivity contribution is 8.01. The second-order valence-corrected chi connectivity index (χ2v) is 10.0. The van der Waals surface area contributed by atoms with Gasteiger partial charge >= 0.3 is 0 Å². The van der Waals surface area contributed by atoms with Gasteiger partial charge in [0.1, 0.15) is 11.4 Å². The van der Waals surface area contributed by atoms with Crippen LogP contribution in [0.15, 0.2) is 64.3 Å². The number of amides is 1. The molecule has 1 fully saturated rings. The molecule has 2 aliphatic heterocycles. The third-order valence-corrected chi connectivity index (χ3v) is 8.37. The van der Waals surface area contributed by atoms with Gasteiger partial charge < -0.3 is 19.1 Å². The average Bonchev–Trinajstić information content (AvgIpc) is 3.31. The highest BCUT2D eigenvalue weighted by Crippen LogP contribution is 2.48. The van der Waals surface area contributed by atoms with E-state index in [1.807, 2.05) is 47.4 Å². The van der Waals surface area contributed by atoms with Gasteiger partial charge in [0.2, 0.25) is 5.91 Å². The standard InChI is InChI=1S/C27H29N3O4S/c1-3-28-13-15-29(16-14-28)27(33)25-23(34-2)22-24(35-25)19-11-7-8-12-20(19)30(26(22)32)17-21(31)18-9-5-4-6-10-18/h4-12,23,25H,3,13-17H2,1-2H3. The van der Waals surface area contributed by atoms with Crippen molar-refractivity contribution in [2.75, 3.05) is 39.8 Å². The smallest absolute Gasteiger partial charge is 0.258 e. The predicted octanol–water partition coefficient (Wildman–Crippen LogP) is 3.21. The Balaban J connectivity index is 1.53. The molecule has 182 valence electrons. The Kier molecular flexibility index (Phi) is 6.77. The van der Waals surface area contributed by atoms with Gasteiger partial charge in [0.25, 0.3) is 5.56 Å². The number of hydrogen-bond donors (Lipinski definition) is 0. The number of carbonyl (C=O) groups is 2. The number of nitrogens with zero attached hydrogens (tertiary/aromatic N) is 3. The molecule has 2 atom stereocenters. The number of ether oxygens (including phenoxy) is 1. The Morgan fingerprint density at radius 2 is 1.69 bits per heavy atom. The van der Waals surface area contributed by atoms with Crippen LogP contribution >= 0.6 is 11.8 Å². The number of hydrogen-bond acceptors (Lipinski definition) is 6. The summed E-state index contributed by atoms with van der Waals surface area (Å²) in [5, 5.41) is 0.334. The lowest BCUT2D eigenvalue weighted by Crippen LogP contribution is -2.51. The summed E-state index contributed by atoms with van der Waals surface area (Å²) < 4.78 is 7.33. The molecular formula is C27H29N3O4S. The number of fused-ring (bicyclic) bond motifs is 3. The van der Waals surface area contributed by atoms with Crippen molar-refractivity contribution in [2.24, 2.45) is 0 Å². The molecule has 3 aromatic rings. The summed E-state index contributed by atoms with van der Waals surface area (Å²) in [6.45, 7) is 6.07. The van der Waals surface area contributed by atoms with Crippen molar-refractivity contribution in [1.29, 1.82) is 0 Å². The highest BCUT2D eigenvalue weighted by atomic mass is 32.2. The van der Waals surface area contributed by atoms with Crippen molar-refractivity contribution in [1.82, 2.24) is 14.4 Å². The van der Waals surface area contributed by atoms with Crippen molar-refractivity contribution in [3.8, 4) is 0 Å². The number of rotatable bonds is 6. The normalized spacial score (nSPS) is 20.2. The number of Topliss-reactive ketones (excluding diaryl/α,β-unsaturated/α-hetero) is 1. The molecular weight excluding hydrogens is 462 g/mol. The summed E-state index contributed by atoms with van der Waals surface area (Å²) in [5.74, 6) is -0.136. The Labute approximate surface area is 208 Å². The maximum Gasteiger partial charge on any atom is 0.258 e. The number of aromatic nitrogens is 1. The zero-order chi connectivity index (χ0) is 24.5. The first-order valence-electron chi connectivity index (χ1n) is 12.0. The van der Waals surface area contributed by atoms with Crippen LogP contribution in [-0.2, 0) is 16.1 Å². The van der Waals surface area contributed by atoms with E-state index in [9.17, 15) is 14.4 Å². The van der Waals surface area contributed by atoms with E-state index >= 15 is 0 Å². The van der Waals surface area contributed by atoms with Crippen molar-refractivity contribution in [3.05, 3.63) is 76.1 Å². The van der Waals surface area contributed by atoms with E-state index in [1.165, 1.54) is 16.3 Å². The molecule has 1 amide bonds. The van der Waals surface area contributed by atoms with Crippen molar-refractivity contribution < 1.29 is 14.3 Å². The minimum Gasteiger partial charge on any atom is -0.375 e. The molecule has 7 nitrogen and oxygen atoms in total. The lowest BCUT2D eigenvalue weighted by molar-refractivity contribution is -0.134. The fraction of sp³-hybridized carbons (Fsp3) is 0.370. The number of ketones is 1. The number of carbonyl (C=O) groups excluding carboxylic acids is 2. The molecule has 0 aliphatic carbocycles. The summed E-state index contributed by atoms with van der Waals surface area (Å²) in [4.78, 5) is 45.4. The molecule has 8 heteroatoms. The first-order valence-corrected chi connectivity index (χ1v) is 12.9. The van der Waals surface area contributed by atoms with Gasteiger partial charge in [0.15, 0.2) is 5.78 Å². The van der Waals surface area contributed by atoms with Gasteiger partial charge in [-0.3, -0.25) is 14.4 Å². The topological polar surface area (TPSA) is 71.9 Å². The molecule has 1 aromatic heterocycles. The fourth-order valence-electron chi connectivity index (χ4n) is 5.02. The van der Waals surface area contributed by atoms with Crippen molar-refractivity contribution in [2.45, 2.75) is 29.7 Å². The van der Waals surface area contributed by atoms with E-state index in [1.54, 1.807) is 19.2 Å². The van der Waals surface area contributed by atoms with E-state index in [0.29, 0.717) is 29.7 Å². The average molecular weight is 492 g/mol. The van der Waals surface area contributed by atoms with Gasteiger partial charge in [-0.1, -0.05) is 55.5 Å². The van der Waals surface area contributed by atoms with E-state index in [2.05, 4.69) is 11.8 Å². The Hall–Kier alpha value is -2.94. The van der Waals surface area contributed by atoms with Crippen LogP contribution in [0.5, 0.6) is 0 Å². The Morgan fingerprint density at radius 3 is 2.37 bits per heavy atom. The van der Waals surface area contributed by atoms with E-state index < -0.39 is 11.4 Å². The van der Waals surface area contributed by atoms with E-state index in [4.69, 9.17) is 4.74 Å². The second-order valence-electron chi connectivity index (χ2n) is 8.89. The van der Waals surface area contributed by atoms with Crippen molar-refractivity contribution >= 4 is 34.4 Å². The quantitative estimate of drug-likeness (QED) is 0.493. The lowest BCUT2D eigenvalue weighted by atomic mass is 10.0. The third-order valence-electron chi connectivity index (χ3n) is 6.99. The maximum absolute atomic E-state index is 13.8. The predicted molar refractivity (Wildman–Crippen MR) is 137 cm³/mol. The minimum absolute atomic E-state index is 0.00389. The molecule has 35 heavy (non-hydrogen) atoms. The van der Waals surface area contributed by atoms with Crippen LogP contribution in [-0.4, -0.2) is 71.1 Å². The van der Waals surface area contributed by atoms with Crippen LogP contribution in [0, 0.1) is 0 Å². The Morgan fingerprint density at radius 1 is 1.00 bits per heavy atom. The molecule has 2 unspecified atom stereocenters. The molecule has 2 aromatic carbocycles. The molecule has 0 bridgehead atoms. The second kappa shape index (κ2) is 9.97. The van der Waals surface area contributed by atoms with Gasteiger partial charge in [-0.05, 0) is 12.6 Å². The summed E-state index contributed by atoms with van der Waals surface area (Å²) >= 11 is 1.42. The number of benzene rings is 2. The molecule has 5 rings (SSSR count). The number of piperazine rings is 1. The molecule has 0 spiro atoms. The number of thioether (sulfide) groups is 1. The summed E-state index contributed by atoms with van der Waals surface area (Å²) in [5.41, 5.74) is 1.45. The van der Waals surface area contributed by atoms with Crippen LogP contribution in [0.3, 0.4) is 0 Å². The highest BCUT2D eigenvalue weighted by Gasteiger charge is 2.44. The van der Waals surface area contributed by atoms with Crippen LogP contribution in [0.4, 0.5) is 0 Å². The summed E-state index contributed by atoms with van der Waals surface area (Å²) in [6, 6.07) is 16.6. The third kappa shape index (κ3) is 4.30. The van der Waals surface area contributed by atoms with Gasteiger partial charge in [-0.25, -0.2) is 0 Å². The molecule has 0 saturated carbocycles. The molecule has 2 aliphatic rings. The Bertz CT molecular complexity index is 1320. The number of likely N-dealkylation sites (N-methyl/N-ethyl adjacent to an activating group) is 1. The molecule has 0 radical (unpaired) electrons. The van der Waals surface area contributed by atoms with E-state index in [0.717, 1.165) is 29.9 Å². The largest absolute Gasteiger partial charge is 0.375 e. The zero-order valence-electron chi connectivity index (χ0n) is 20.0. The van der Waals surface area contributed by atoms with Crippen LogP contribution in [0.25, 0.3) is 10.9 Å². The lowest BCUT2D eigenvalue weighted by Gasteiger charge is -2.35. The van der Waals surface area contributed by atoms with Crippen LogP contribution in [0.1, 0.15) is 28.9 Å². The molecule has 3 heterocycles. The fourth-order valence-corrected chi connectivity index (χ4v) is 6.52. The molecule has 1 saturated heterocycles. The number of methoxy groups -OCH3 is 1. The van der Waals surface area contributed by atoms with Gasteiger partial charge in [-0.15, -0.1) is 11.8 Å². The van der Waals surface area contributed by atoms with Gasteiger partial charge in [0.05, 0.1) is 17.6 Å². The van der Waals surface area contributed by atoms with Crippen molar-refractivity contribution in [3.63, 3.8) is 0 Å². The number of pyridine rings is 1. The SMILES string of the molecule is CCN1CCN(C(=O)C2Sc3c(c(=O)n(CC(=O)c4ccccc4)c4ccccc34)C2OC)CC1. The minimum atomic E-state index is -0.665. The molecule has 0 N–H and O–H groups in total. The van der Waals surface area contributed by atoms with Crippen LogP contribution in [0.2, 0.25) is 0 Å². The summed E-state index contributed by atoms with van der Waals surface area (Å²) in [7, 11) is 1.55. The first kappa shape index (κ1) is 23.8. The summed E-state index contributed by atoms with van der Waals surface area (Å²) in [6.07, 6.45) is -0.665. The first-order chi connectivity index (χ1) is 17.0. The van der Waals surface area contributed by atoms with E-state index in [-0.39, 0.29) is 23.8 Å². The van der Waals surface area contributed by atoms with Gasteiger partial charge in [-0.2, -0.15) is 0 Å².